The maximum absolute atomic E-state index is 12.8. The highest BCUT2D eigenvalue weighted by molar-refractivity contribution is 6.01. The van der Waals surface area contributed by atoms with Crippen molar-refractivity contribution in [1.82, 2.24) is 10.6 Å². The van der Waals surface area contributed by atoms with Gasteiger partial charge >= 0.3 is 6.18 Å². The average molecular weight is 396 g/mol. The van der Waals surface area contributed by atoms with Crippen molar-refractivity contribution in [3.63, 3.8) is 0 Å². The van der Waals surface area contributed by atoms with E-state index in [4.69, 9.17) is 0 Å². The van der Waals surface area contributed by atoms with Crippen molar-refractivity contribution < 1.29 is 22.8 Å². The summed E-state index contributed by atoms with van der Waals surface area (Å²) in [6, 6.07) is 7.51. The third-order valence-electron chi connectivity index (χ3n) is 6.08. The van der Waals surface area contributed by atoms with Gasteiger partial charge in [-0.15, -0.1) is 0 Å². The Balaban J connectivity index is 1.70. The zero-order valence-corrected chi connectivity index (χ0v) is 16.0. The molecule has 1 saturated heterocycles. The van der Waals surface area contributed by atoms with E-state index in [0.717, 1.165) is 31.2 Å². The molecule has 1 aliphatic heterocycles. The van der Waals surface area contributed by atoms with Gasteiger partial charge in [-0.1, -0.05) is 50.1 Å². The van der Waals surface area contributed by atoms with E-state index in [1.807, 2.05) is 35.6 Å². The molecule has 1 saturated carbocycles. The minimum Gasteiger partial charge on any atom is -0.348 e. The molecule has 2 amide bonds. The van der Waals surface area contributed by atoms with Crippen LogP contribution in [0.1, 0.15) is 57.1 Å². The lowest BCUT2D eigenvalue weighted by atomic mass is 9.77. The summed E-state index contributed by atoms with van der Waals surface area (Å²) in [7, 11) is 0. The number of amides is 2. The van der Waals surface area contributed by atoms with E-state index in [9.17, 15) is 22.8 Å². The maximum atomic E-state index is 12.8. The van der Waals surface area contributed by atoms with E-state index < -0.39 is 30.0 Å². The molecule has 0 spiro atoms. The molecule has 4 nitrogen and oxygen atoms in total. The summed E-state index contributed by atoms with van der Waals surface area (Å²) in [4.78, 5) is 25.0. The maximum Gasteiger partial charge on any atom is 0.408 e. The van der Waals surface area contributed by atoms with Crippen molar-refractivity contribution in [3.8, 4) is 0 Å². The largest absolute Gasteiger partial charge is 0.408 e. The fourth-order valence-corrected chi connectivity index (χ4v) is 4.31. The summed E-state index contributed by atoms with van der Waals surface area (Å²) < 4.78 is 38.5. The minimum absolute atomic E-state index is 0.0922. The summed E-state index contributed by atoms with van der Waals surface area (Å²) in [5.74, 6) is -1.47. The van der Waals surface area contributed by atoms with Crippen LogP contribution >= 0.6 is 0 Å². The van der Waals surface area contributed by atoms with E-state index >= 15 is 0 Å². The fourth-order valence-electron chi connectivity index (χ4n) is 4.31. The zero-order chi connectivity index (χ0) is 20.3. The molecule has 1 aromatic carbocycles. The summed E-state index contributed by atoms with van der Waals surface area (Å²) in [6.45, 7) is 2.22. The molecule has 2 aliphatic rings. The second-order valence-corrected chi connectivity index (χ2v) is 8.15. The van der Waals surface area contributed by atoms with Crippen molar-refractivity contribution in [2.45, 2.75) is 63.7 Å². The molecule has 7 heteroatoms. The molecular weight excluding hydrogens is 369 g/mol. The van der Waals surface area contributed by atoms with Crippen LogP contribution in [-0.4, -0.2) is 24.0 Å². The Bertz CT molecular complexity index is 685. The summed E-state index contributed by atoms with van der Waals surface area (Å²) in [5, 5.41) is 4.95. The second-order valence-electron chi connectivity index (χ2n) is 8.15. The van der Waals surface area contributed by atoms with Crippen LogP contribution in [0.15, 0.2) is 30.3 Å². The van der Waals surface area contributed by atoms with Crippen LogP contribution in [0.25, 0.3) is 0 Å². The lowest BCUT2D eigenvalue weighted by Crippen LogP contribution is -2.55. The lowest BCUT2D eigenvalue weighted by Gasteiger charge is -2.35. The van der Waals surface area contributed by atoms with Crippen LogP contribution in [0.3, 0.4) is 0 Å². The van der Waals surface area contributed by atoms with Crippen molar-refractivity contribution in [2.75, 3.05) is 0 Å². The third-order valence-corrected chi connectivity index (χ3v) is 6.08. The number of benzene rings is 1. The van der Waals surface area contributed by atoms with Gasteiger partial charge in [0.1, 0.15) is 12.0 Å². The van der Waals surface area contributed by atoms with Crippen LogP contribution in [0.5, 0.6) is 0 Å². The number of piperidine rings is 1. The van der Waals surface area contributed by atoms with Gasteiger partial charge in [0.05, 0.1) is 6.04 Å². The topological polar surface area (TPSA) is 58.2 Å². The van der Waals surface area contributed by atoms with Gasteiger partial charge in [-0.05, 0) is 43.1 Å². The number of carbonyl (C=O) groups is 2. The van der Waals surface area contributed by atoms with E-state index in [-0.39, 0.29) is 24.8 Å². The van der Waals surface area contributed by atoms with Gasteiger partial charge < -0.3 is 10.6 Å². The van der Waals surface area contributed by atoms with Crippen molar-refractivity contribution >= 4 is 11.8 Å². The third kappa shape index (κ3) is 4.86. The fraction of sp³-hybridized carbons (Fsp3) is 0.619. The van der Waals surface area contributed by atoms with Crippen molar-refractivity contribution in [1.29, 1.82) is 0 Å². The smallest absolute Gasteiger partial charge is 0.348 e. The SMILES string of the molecule is CC1CCC(C(NC(=O)C2CCC(C(F)(F)F)NC2=O)c2ccccc2)CC1. The molecule has 3 unspecified atom stereocenters. The number of alkyl halides is 3. The molecule has 0 bridgehead atoms. The molecule has 1 aromatic rings. The Morgan fingerprint density at radius 3 is 2.29 bits per heavy atom. The van der Waals surface area contributed by atoms with Gasteiger partial charge in [0.25, 0.3) is 0 Å². The molecule has 154 valence electrons. The highest BCUT2D eigenvalue weighted by atomic mass is 19.4. The van der Waals surface area contributed by atoms with Crippen LogP contribution < -0.4 is 10.6 Å². The van der Waals surface area contributed by atoms with Crippen molar-refractivity contribution in [2.24, 2.45) is 17.8 Å². The first-order chi connectivity index (χ1) is 13.3. The van der Waals surface area contributed by atoms with E-state index in [1.165, 1.54) is 0 Å². The van der Waals surface area contributed by atoms with Gasteiger partial charge in [-0.25, -0.2) is 0 Å². The molecule has 3 atom stereocenters. The lowest BCUT2D eigenvalue weighted by molar-refractivity contribution is -0.171. The minimum atomic E-state index is -4.48. The Morgan fingerprint density at radius 1 is 1.07 bits per heavy atom. The van der Waals surface area contributed by atoms with Gasteiger partial charge in [-0.3, -0.25) is 9.59 Å². The number of carbonyl (C=O) groups excluding carboxylic acids is 2. The van der Waals surface area contributed by atoms with Crippen LogP contribution in [0, 0.1) is 17.8 Å². The van der Waals surface area contributed by atoms with Gasteiger partial charge in [-0.2, -0.15) is 13.2 Å². The Morgan fingerprint density at radius 2 is 1.71 bits per heavy atom. The first-order valence-corrected chi connectivity index (χ1v) is 9.98. The number of rotatable bonds is 4. The Kier molecular flexibility index (Phi) is 6.30. The van der Waals surface area contributed by atoms with Crippen LogP contribution in [-0.2, 0) is 9.59 Å². The number of halogens is 3. The quantitative estimate of drug-likeness (QED) is 0.752. The summed E-state index contributed by atoms with van der Waals surface area (Å²) >= 11 is 0. The van der Waals surface area contributed by atoms with E-state index in [1.54, 1.807) is 0 Å². The van der Waals surface area contributed by atoms with Crippen LogP contribution in [0.4, 0.5) is 13.2 Å². The van der Waals surface area contributed by atoms with E-state index in [0.29, 0.717) is 5.92 Å². The predicted octanol–water partition coefficient (Wildman–Crippen LogP) is 4.13. The predicted molar refractivity (Wildman–Crippen MR) is 99.2 cm³/mol. The van der Waals surface area contributed by atoms with Crippen molar-refractivity contribution in [3.05, 3.63) is 35.9 Å². The van der Waals surface area contributed by atoms with Gasteiger partial charge in [0.15, 0.2) is 0 Å². The number of nitrogens with one attached hydrogen (secondary N) is 2. The number of hydrogen-bond donors (Lipinski definition) is 2. The molecule has 0 aromatic heterocycles. The molecular formula is C21H27F3N2O2. The molecule has 0 radical (unpaired) electrons. The molecule has 28 heavy (non-hydrogen) atoms. The monoisotopic (exact) mass is 396 g/mol. The standard InChI is InChI=1S/C21H27F3N2O2/c1-13-7-9-15(10-8-13)18(14-5-3-2-4-6-14)26-20(28)16-11-12-17(21(22,23)24)25-19(16)27/h2-6,13,15-18H,7-12H2,1H3,(H,25,27)(H,26,28). The zero-order valence-electron chi connectivity index (χ0n) is 16.0. The highest BCUT2D eigenvalue weighted by Crippen LogP contribution is 2.37. The molecule has 2 N–H and O–H groups in total. The highest BCUT2D eigenvalue weighted by Gasteiger charge is 2.46. The normalized spacial score (nSPS) is 29.6. The molecule has 3 rings (SSSR count). The van der Waals surface area contributed by atoms with Gasteiger partial charge in [0.2, 0.25) is 11.8 Å². The molecule has 2 fully saturated rings. The number of hydrogen-bond acceptors (Lipinski definition) is 2. The first-order valence-electron chi connectivity index (χ1n) is 9.98. The summed E-state index contributed by atoms with van der Waals surface area (Å²) in [5.41, 5.74) is 0.972. The van der Waals surface area contributed by atoms with Crippen LogP contribution in [0.2, 0.25) is 0 Å². The Hall–Kier alpha value is -2.05. The van der Waals surface area contributed by atoms with E-state index in [2.05, 4.69) is 12.2 Å². The molecule has 1 heterocycles. The Labute approximate surface area is 163 Å². The van der Waals surface area contributed by atoms with Gasteiger partial charge in [0, 0.05) is 0 Å². The molecule has 1 aliphatic carbocycles. The second kappa shape index (κ2) is 8.53. The first kappa shape index (κ1) is 20.7. The average Bonchev–Trinajstić information content (AvgIpc) is 2.66. The summed E-state index contributed by atoms with van der Waals surface area (Å²) in [6.07, 6.45) is -0.720.